The van der Waals surface area contributed by atoms with E-state index in [9.17, 15) is 0 Å². The standard InChI is InChI=1S/C64H47NO/c1-3-5-25-54(38-44-31-36-63-61(39-44)62-41-49-18-6-7-19-50(49)43-64(62)66-63)65(53-34-32-47(33-35-53)60-42-52-20-9-11-27-57(52)58-28-12-13-29-59(58)60)37-16-24-45(4-2)48-22-14-23-51(40-48)56-30-15-21-46-17-8-10-26-55(46)56/h3-34,36-43,53H,1-2,35H2/b25-5-,37-16+,45-24+,54-38-. The second kappa shape index (κ2) is 17.6. The Labute approximate surface area is 385 Å². The number of furan rings is 1. The molecule has 1 heterocycles. The molecule has 2 nitrogen and oxygen atoms in total. The molecular formula is C64H47NO. The maximum Gasteiger partial charge on any atom is 0.136 e. The third kappa shape index (κ3) is 7.69. The third-order valence-corrected chi connectivity index (χ3v) is 12.9. The molecule has 1 atom stereocenters. The zero-order chi connectivity index (χ0) is 44.4. The molecule has 314 valence electrons. The van der Waals surface area contributed by atoms with Gasteiger partial charge in [0.05, 0.1) is 6.04 Å². The van der Waals surface area contributed by atoms with Gasteiger partial charge in [-0.1, -0.05) is 195 Å². The predicted octanol–water partition coefficient (Wildman–Crippen LogP) is 17.4. The molecule has 1 aromatic heterocycles. The van der Waals surface area contributed by atoms with E-state index in [2.05, 4.69) is 243 Å². The number of hydrogen-bond donors (Lipinski definition) is 0. The van der Waals surface area contributed by atoms with Crippen LogP contribution in [0.4, 0.5) is 0 Å². The molecule has 0 N–H and O–H groups in total. The van der Waals surface area contributed by atoms with E-state index >= 15 is 0 Å². The van der Waals surface area contributed by atoms with Crippen LogP contribution in [0.25, 0.3) is 93.4 Å². The first-order valence-electron chi connectivity index (χ1n) is 22.6. The molecule has 2 heteroatoms. The van der Waals surface area contributed by atoms with E-state index in [1.165, 1.54) is 65.4 Å². The quantitative estimate of drug-likeness (QED) is 0.0952. The lowest BCUT2D eigenvalue weighted by molar-refractivity contribution is 0.407. The molecule has 0 aliphatic heterocycles. The molecule has 9 aromatic carbocycles. The van der Waals surface area contributed by atoms with E-state index in [1.54, 1.807) is 0 Å². The number of fused-ring (bicyclic) bond motifs is 8. The first-order chi connectivity index (χ1) is 32.6. The summed E-state index contributed by atoms with van der Waals surface area (Å²) in [6.07, 6.45) is 24.6. The van der Waals surface area contributed by atoms with Crippen LogP contribution in [0.3, 0.4) is 0 Å². The topological polar surface area (TPSA) is 16.4 Å². The van der Waals surface area contributed by atoms with Crippen molar-refractivity contribution in [2.75, 3.05) is 0 Å². The number of benzene rings is 9. The van der Waals surface area contributed by atoms with Crippen LogP contribution in [0, 0.1) is 0 Å². The van der Waals surface area contributed by atoms with E-state index in [-0.39, 0.29) is 6.04 Å². The van der Waals surface area contributed by atoms with E-state index < -0.39 is 0 Å². The maximum absolute atomic E-state index is 6.40. The van der Waals surface area contributed by atoms with Crippen molar-refractivity contribution in [3.8, 4) is 11.1 Å². The number of hydrogen-bond acceptors (Lipinski definition) is 2. The summed E-state index contributed by atoms with van der Waals surface area (Å²) in [6.45, 7) is 8.33. The molecule has 0 amide bonds. The smallest absolute Gasteiger partial charge is 0.136 e. The van der Waals surface area contributed by atoms with E-state index in [0.717, 1.165) is 50.8 Å². The van der Waals surface area contributed by atoms with Gasteiger partial charge in [-0.05, 0) is 143 Å². The average Bonchev–Trinajstić information content (AvgIpc) is 3.73. The lowest BCUT2D eigenvalue weighted by Crippen LogP contribution is -2.28. The highest BCUT2D eigenvalue weighted by Gasteiger charge is 2.20. The Balaban J connectivity index is 0.991. The van der Waals surface area contributed by atoms with Crippen molar-refractivity contribution in [3.05, 3.63) is 272 Å². The Hall–Kier alpha value is -8.46. The van der Waals surface area contributed by atoms with Crippen molar-refractivity contribution in [1.82, 2.24) is 4.90 Å². The lowest BCUT2D eigenvalue weighted by Gasteiger charge is -2.31. The summed E-state index contributed by atoms with van der Waals surface area (Å²) in [5.41, 5.74) is 10.9. The summed E-state index contributed by atoms with van der Waals surface area (Å²) in [4.78, 5) is 2.37. The molecule has 10 aromatic rings. The van der Waals surface area contributed by atoms with Crippen LogP contribution in [-0.2, 0) is 0 Å². The number of nitrogens with zero attached hydrogens (tertiary/aromatic N) is 1. The largest absolute Gasteiger partial charge is 0.456 e. The molecular weight excluding hydrogens is 799 g/mol. The average molecular weight is 846 g/mol. The van der Waals surface area contributed by atoms with Gasteiger partial charge < -0.3 is 9.32 Å². The Bertz CT molecular complexity index is 3730. The zero-order valence-electron chi connectivity index (χ0n) is 36.6. The fourth-order valence-corrected chi connectivity index (χ4v) is 9.68. The van der Waals surface area contributed by atoms with Crippen LogP contribution < -0.4 is 0 Å². The molecule has 0 radical (unpaired) electrons. The maximum atomic E-state index is 6.40. The molecule has 1 aliphatic rings. The summed E-state index contributed by atoms with van der Waals surface area (Å²) in [7, 11) is 0. The van der Waals surface area contributed by atoms with Crippen LogP contribution in [0.1, 0.15) is 23.1 Å². The summed E-state index contributed by atoms with van der Waals surface area (Å²) in [6, 6.07) is 63.0. The molecule has 0 saturated carbocycles. The highest BCUT2D eigenvalue weighted by molar-refractivity contribution is 6.13. The molecule has 11 rings (SSSR count). The fraction of sp³-hybridized carbons (Fsp3) is 0.0312. The minimum absolute atomic E-state index is 0.0255. The van der Waals surface area contributed by atoms with Gasteiger partial charge in [0.25, 0.3) is 0 Å². The molecule has 1 aliphatic carbocycles. The molecule has 0 bridgehead atoms. The van der Waals surface area contributed by atoms with E-state index in [0.29, 0.717) is 0 Å². The van der Waals surface area contributed by atoms with Gasteiger partial charge in [0, 0.05) is 22.7 Å². The highest BCUT2D eigenvalue weighted by Crippen LogP contribution is 2.37. The Morgan fingerprint density at radius 3 is 2.08 bits per heavy atom. The van der Waals surface area contributed by atoms with Crippen molar-refractivity contribution in [3.63, 3.8) is 0 Å². The van der Waals surface area contributed by atoms with Crippen LogP contribution >= 0.6 is 0 Å². The monoisotopic (exact) mass is 845 g/mol. The van der Waals surface area contributed by atoms with Crippen molar-refractivity contribution >= 4 is 82.3 Å². The first kappa shape index (κ1) is 40.3. The molecule has 66 heavy (non-hydrogen) atoms. The normalized spacial score (nSPS) is 14.7. The summed E-state index contributed by atoms with van der Waals surface area (Å²) in [5, 5.41) is 12.1. The van der Waals surface area contributed by atoms with E-state index in [1.807, 2.05) is 18.2 Å². The van der Waals surface area contributed by atoms with Crippen LogP contribution in [-0.4, -0.2) is 10.9 Å². The second-order valence-electron chi connectivity index (χ2n) is 16.9. The van der Waals surface area contributed by atoms with E-state index in [4.69, 9.17) is 4.42 Å². The molecule has 0 saturated heterocycles. The van der Waals surface area contributed by atoms with Crippen LogP contribution in [0.5, 0.6) is 0 Å². The van der Waals surface area contributed by atoms with Crippen LogP contribution in [0.2, 0.25) is 0 Å². The van der Waals surface area contributed by atoms with Gasteiger partial charge in [-0.3, -0.25) is 0 Å². The number of allylic oxidation sites excluding steroid dienone is 9. The zero-order valence-corrected chi connectivity index (χ0v) is 36.6. The second-order valence-corrected chi connectivity index (χ2v) is 16.9. The number of rotatable bonds is 11. The predicted molar refractivity (Wildman–Crippen MR) is 284 cm³/mol. The van der Waals surface area contributed by atoms with Crippen LogP contribution in [0.15, 0.2) is 260 Å². The summed E-state index contributed by atoms with van der Waals surface area (Å²) >= 11 is 0. The van der Waals surface area contributed by atoms with Crippen molar-refractivity contribution in [2.24, 2.45) is 0 Å². The van der Waals surface area contributed by atoms with Gasteiger partial charge in [-0.15, -0.1) is 0 Å². The van der Waals surface area contributed by atoms with Crippen molar-refractivity contribution in [2.45, 2.75) is 12.5 Å². The summed E-state index contributed by atoms with van der Waals surface area (Å²) < 4.78 is 6.40. The van der Waals surface area contributed by atoms with Gasteiger partial charge in [0.1, 0.15) is 11.2 Å². The fourth-order valence-electron chi connectivity index (χ4n) is 9.68. The van der Waals surface area contributed by atoms with Gasteiger partial charge in [-0.25, -0.2) is 0 Å². The minimum atomic E-state index is 0.0255. The molecule has 0 fully saturated rings. The SMILES string of the molecule is C=C/C=C\C(=C\c1ccc2oc3cc4ccccc4cc3c2c1)N(/C=C/C=C(\C=C)c1cccc(-c2cccc3ccccc23)c1)C1C=CC(c2cc3ccccc3c3ccccc23)=CC1. The third-order valence-electron chi connectivity index (χ3n) is 12.9. The highest BCUT2D eigenvalue weighted by atomic mass is 16.3. The van der Waals surface area contributed by atoms with Gasteiger partial charge in [-0.2, -0.15) is 0 Å². The van der Waals surface area contributed by atoms with Gasteiger partial charge in [0.15, 0.2) is 0 Å². The Morgan fingerprint density at radius 2 is 1.27 bits per heavy atom. The summed E-state index contributed by atoms with van der Waals surface area (Å²) in [5.74, 6) is 0. The first-order valence-corrected chi connectivity index (χ1v) is 22.6. The van der Waals surface area contributed by atoms with Crippen molar-refractivity contribution in [1.29, 1.82) is 0 Å². The molecule has 1 unspecified atom stereocenters. The minimum Gasteiger partial charge on any atom is -0.456 e. The van der Waals surface area contributed by atoms with Gasteiger partial charge in [0.2, 0.25) is 0 Å². The van der Waals surface area contributed by atoms with Gasteiger partial charge >= 0.3 is 0 Å². The Kier molecular flexibility index (Phi) is 10.8. The lowest BCUT2D eigenvalue weighted by atomic mass is 9.90. The van der Waals surface area contributed by atoms with Crippen molar-refractivity contribution < 1.29 is 4.42 Å². The molecule has 0 spiro atoms. The Morgan fingerprint density at radius 1 is 0.561 bits per heavy atom.